The number of carboxylic acid groups (broad SMARTS) is 2. The number of ether oxygens (including phenoxy) is 1. The van der Waals surface area contributed by atoms with Gasteiger partial charge < -0.3 is 40.2 Å². The molecule has 0 unspecified atom stereocenters. The average Bonchev–Trinajstić information content (AvgIpc) is 3.21. The molecule has 1 saturated carbocycles. The number of rotatable bonds is 10. The summed E-state index contributed by atoms with van der Waals surface area (Å²) in [7, 11) is 5.97. The summed E-state index contributed by atoms with van der Waals surface area (Å²) in [4.78, 5) is 37.3. The van der Waals surface area contributed by atoms with Crippen molar-refractivity contribution in [3.05, 3.63) is 23.2 Å². The molecule has 0 bridgehead atoms. The lowest BCUT2D eigenvalue weighted by molar-refractivity contribution is -0.884. The van der Waals surface area contributed by atoms with Gasteiger partial charge in [0.1, 0.15) is 5.75 Å². The molecule has 4 rings (SSSR count). The van der Waals surface area contributed by atoms with Crippen LogP contribution in [0.4, 0.5) is 23.5 Å². The second kappa shape index (κ2) is 16.2. The highest BCUT2D eigenvalue weighted by Gasteiger charge is 2.26. The topological polar surface area (TPSA) is 157 Å². The Bertz CT molecular complexity index is 1120. The smallest absolute Gasteiger partial charge is 0.303 e. The highest BCUT2D eigenvalue weighted by atomic mass is 35.5. The largest absolute Gasteiger partial charge is 0.550 e. The molecule has 1 aliphatic heterocycles. The van der Waals surface area contributed by atoms with Crippen molar-refractivity contribution in [1.82, 2.24) is 15.0 Å². The zero-order valence-electron chi connectivity index (χ0n) is 24.1. The van der Waals surface area contributed by atoms with Crippen LogP contribution in [0, 0.1) is 0 Å². The Morgan fingerprint density at radius 2 is 1.73 bits per heavy atom. The molecule has 226 valence electrons. The van der Waals surface area contributed by atoms with Crippen LogP contribution in [-0.2, 0) is 9.59 Å². The number of nitrogens with zero attached hydrogens (tertiary/aromatic N) is 4. The van der Waals surface area contributed by atoms with Gasteiger partial charge in [-0.2, -0.15) is 15.0 Å². The number of halogens is 1. The van der Waals surface area contributed by atoms with E-state index in [-0.39, 0.29) is 6.42 Å². The lowest BCUT2D eigenvalue weighted by Gasteiger charge is -2.33. The first-order chi connectivity index (χ1) is 19.6. The molecule has 2 heterocycles. The number of carbonyl (C=O) groups is 2. The summed E-state index contributed by atoms with van der Waals surface area (Å²) in [5.74, 6) is 0.0509. The number of likely N-dealkylation sites (tertiary alicyclic amines) is 1. The van der Waals surface area contributed by atoms with E-state index in [0.29, 0.717) is 40.7 Å². The first-order valence-electron chi connectivity index (χ1n) is 14.2. The van der Waals surface area contributed by atoms with E-state index >= 15 is 0 Å². The SMILES string of the molecule is COc1ccc(Nc2nc(NC3CCCCCC3)nc(N(C)C3CC[NH+](C)CC3)n2)cc1Cl.O=C([O-])CCC(=O)O. The van der Waals surface area contributed by atoms with Gasteiger partial charge in [0.15, 0.2) is 0 Å². The normalized spacial score (nSPS) is 19.2. The first kappa shape index (κ1) is 32.1. The van der Waals surface area contributed by atoms with Gasteiger partial charge in [0.05, 0.1) is 38.7 Å². The number of carbonyl (C=O) groups excluding carboxylic acids is 1. The van der Waals surface area contributed by atoms with E-state index in [2.05, 4.69) is 29.6 Å². The van der Waals surface area contributed by atoms with Crippen LogP contribution in [0.5, 0.6) is 5.75 Å². The Kier molecular flexibility index (Phi) is 12.7. The summed E-state index contributed by atoms with van der Waals surface area (Å²) in [5, 5.41) is 24.9. The van der Waals surface area contributed by atoms with Crippen molar-refractivity contribution in [2.24, 2.45) is 0 Å². The second-order valence-corrected chi connectivity index (χ2v) is 11.1. The lowest BCUT2D eigenvalue weighted by atomic mass is 10.0. The third kappa shape index (κ3) is 10.8. The molecule has 0 atom stereocenters. The number of benzene rings is 1. The first-order valence-corrected chi connectivity index (χ1v) is 14.6. The lowest BCUT2D eigenvalue weighted by Crippen LogP contribution is -3.10. The summed E-state index contributed by atoms with van der Waals surface area (Å²) >= 11 is 6.33. The van der Waals surface area contributed by atoms with Crippen LogP contribution in [0.25, 0.3) is 0 Å². The fourth-order valence-corrected chi connectivity index (χ4v) is 5.24. The summed E-state index contributed by atoms with van der Waals surface area (Å²) < 4.78 is 5.27. The van der Waals surface area contributed by atoms with Crippen molar-refractivity contribution >= 4 is 47.1 Å². The molecule has 2 fully saturated rings. The van der Waals surface area contributed by atoms with E-state index in [4.69, 9.17) is 36.4 Å². The van der Waals surface area contributed by atoms with Crippen molar-refractivity contribution in [1.29, 1.82) is 0 Å². The van der Waals surface area contributed by atoms with Crippen LogP contribution in [0.1, 0.15) is 64.2 Å². The summed E-state index contributed by atoms with van der Waals surface area (Å²) in [5.41, 5.74) is 0.809. The zero-order valence-corrected chi connectivity index (χ0v) is 24.9. The fraction of sp³-hybridized carbons (Fsp3) is 0.607. The number of hydrogen-bond acceptors (Lipinski definition) is 10. The standard InChI is InChI=1S/C24H36ClN7O.C4H6O4/c1-31-14-12-19(13-15-31)32(2)24-29-22(26-17-8-6-4-5-7-9-17)28-23(30-24)27-18-10-11-21(33-3)20(25)16-18;5-3(6)1-2-4(7)8/h10-11,16-17,19H,4-9,12-15H2,1-3H3,(H2,26,27,28,29,30);1-2H2,(H,5,6)(H,7,8). The zero-order chi connectivity index (χ0) is 29.8. The van der Waals surface area contributed by atoms with Gasteiger partial charge in [-0.1, -0.05) is 37.3 Å². The molecule has 1 aromatic heterocycles. The Morgan fingerprint density at radius 1 is 1.07 bits per heavy atom. The highest BCUT2D eigenvalue weighted by molar-refractivity contribution is 6.32. The van der Waals surface area contributed by atoms with Crippen molar-refractivity contribution in [2.45, 2.75) is 76.3 Å². The number of quaternary nitrogens is 1. The Morgan fingerprint density at radius 3 is 2.29 bits per heavy atom. The third-order valence-corrected chi connectivity index (χ3v) is 7.73. The molecule has 1 saturated heterocycles. The monoisotopic (exact) mass is 591 g/mol. The van der Waals surface area contributed by atoms with E-state index in [1.165, 1.54) is 38.8 Å². The van der Waals surface area contributed by atoms with Crippen molar-refractivity contribution in [2.75, 3.05) is 49.8 Å². The number of anilines is 4. The van der Waals surface area contributed by atoms with E-state index in [1.807, 2.05) is 18.2 Å². The number of piperidine rings is 1. The van der Waals surface area contributed by atoms with Gasteiger partial charge in [0.25, 0.3) is 0 Å². The highest BCUT2D eigenvalue weighted by Crippen LogP contribution is 2.29. The molecule has 0 amide bonds. The van der Waals surface area contributed by atoms with Crippen LogP contribution in [0.2, 0.25) is 5.02 Å². The molecule has 1 aromatic carbocycles. The molecule has 0 radical (unpaired) electrons. The van der Waals surface area contributed by atoms with Crippen LogP contribution >= 0.6 is 11.6 Å². The molecule has 41 heavy (non-hydrogen) atoms. The predicted molar refractivity (Wildman–Crippen MR) is 156 cm³/mol. The van der Waals surface area contributed by atoms with Crippen LogP contribution in [-0.4, -0.2) is 78.4 Å². The average molecular weight is 592 g/mol. The molecule has 1 aliphatic carbocycles. The number of carboxylic acids is 2. The molecular weight excluding hydrogens is 550 g/mol. The Hall–Kier alpha value is -3.38. The molecule has 4 N–H and O–H groups in total. The maximum atomic E-state index is 9.61. The van der Waals surface area contributed by atoms with Crippen LogP contribution in [0.15, 0.2) is 18.2 Å². The van der Waals surface area contributed by atoms with Crippen LogP contribution in [0.3, 0.4) is 0 Å². The van der Waals surface area contributed by atoms with Gasteiger partial charge in [-0.3, -0.25) is 4.79 Å². The number of aliphatic carboxylic acids is 2. The maximum Gasteiger partial charge on any atom is 0.303 e. The summed E-state index contributed by atoms with van der Waals surface area (Å²) in [6.45, 7) is 2.34. The van der Waals surface area contributed by atoms with Gasteiger partial charge in [-0.05, 0) is 37.5 Å². The van der Waals surface area contributed by atoms with E-state index in [0.717, 1.165) is 31.4 Å². The predicted octanol–water partition coefficient (Wildman–Crippen LogP) is 2.13. The second-order valence-electron chi connectivity index (χ2n) is 10.7. The molecular formula is C28H42ClN7O5. The maximum absolute atomic E-state index is 9.61. The van der Waals surface area contributed by atoms with Gasteiger partial charge in [0, 0.05) is 43.6 Å². The Labute approximate surface area is 246 Å². The van der Waals surface area contributed by atoms with E-state index in [9.17, 15) is 14.7 Å². The van der Waals surface area contributed by atoms with Gasteiger partial charge in [0.2, 0.25) is 17.8 Å². The number of hydrogen-bond donors (Lipinski definition) is 4. The minimum Gasteiger partial charge on any atom is -0.550 e. The van der Waals surface area contributed by atoms with Crippen molar-refractivity contribution in [3.8, 4) is 5.75 Å². The molecule has 2 aliphatic rings. The third-order valence-electron chi connectivity index (χ3n) is 7.43. The van der Waals surface area contributed by atoms with E-state index in [1.54, 1.807) is 12.0 Å². The fourth-order valence-electron chi connectivity index (χ4n) is 4.98. The molecule has 13 heteroatoms. The number of nitrogens with one attached hydrogen (secondary N) is 3. The quantitative estimate of drug-likeness (QED) is 0.300. The molecule has 0 spiro atoms. The minimum atomic E-state index is -1.33. The van der Waals surface area contributed by atoms with Gasteiger partial charge >= 0.3 is 5.97 Å². The van der Waals surface area contributed by atoms with Crippen molar-refractivity contribution in [3.63, 3.8) is 0 Å². The Balaban J connectivity index is 0.000000507. The summed E-state index contributed by atoms with van der Waals surface area (Å²) in [6, 6.07) is 6.42. The summed E-state index contributed by atoms with van der Waals surface area (Å²) in [6.07, 6.45) is 8.95. The number of aromatic nitrogens is 3. The van der Waals surface area contributed by atoms with Gasteiger partial charge in [-0.15, -0.1) is 0 Å². The molecule has 12 nitrogen and oxygen atoms in total. The van der Waals surface area contributed by atoms with E-state index < -0.39 is 18.4 Å². The minimum absolute atomic E-state index is 0.359. The number of methoxy groups -OCH3 is 1. The van der Waals surface area contributed by atoms with Crippen LogP contribution < -0.4 is 30.3 Å². The van der Waals surface area contributed by atoms with Gasteiger partial charge in [-0.25, -0.2) is 0 Å². The van der Waals surface area contributed by atoms with Crippen molar-refractivity contribution < 1.29 is 29.4 Å². The molecule has 2 aromatic rings.